The van der Waals surface area contributed by atoms with Crippen LogP contribution < -0.4 is 0 Å². The number of unbranched alkanes of at least 4 members (excludes halogenated alkanes) is 2. The molecule has 0 nitrogen and oxygen atoms in total. The van der Waals surface area contributed by atoms with E-state index in [1.165, 1.54) is 18.8 Å². The summed E-state index contributed by atoms with van der Waals surface area (Å²) in [6, 6.07) is 0. The summed E-state index contributed by atoms with van der Waals surface area (Å²) in [5, 5.41) is 0. The highest BCUT2D eigenvalue weighted by atomic mass is 13.8. The third-order valence-corrected chi connectivity index (χ3v) is 0.994. The summed E-state index contributed by atoms with van der Waals surface area (Å²) < 4.78 is 0. The molecular formula is C9H15. The maximum atomic E-state index is 3.10. The van der Waals surface area contributed by atoms with Crippen molar-refractivity contribution < 1.29 is 0 Å². The number of hydrogen-bond donors (Lipinski definition) is 0. The fourth-order valence-electron chi connectivity index (χ4n) is 0.504. The zero-order chi connectivity index (χ0) is 7.11. The quantitative estimate of drug-likeness (QED) is 0.391. The molecule has 0 aromatic heterocycles. The van der Waals surface area contributed by atoms with Gasteiger partial charge in [-0.05, 0) is 20.3 Å². The second-order valence-electron chi connectivity index (χ2n) is 2.41. The molecule has 0 bridgehead atoms. The van der Waals surface area contributed by atoms with Crippen LogP contribution in [0.15, 0.2) is 0 Å². The SMILES string of the molecule is CCCCC#C[C](C)C. The molecule has 0 N–H and O–H groups in total. The molecule has 0 saturated heterocycles. The maximum Gasteiger partial charge on any atom is 0.0418 e. The number of rotatable bonds is 2. The van der Waals surface area contributed by atoms with Gasteiger partial charge in [-0.1, -0.05) is 19.3 Å². The molecule has 0 heterocycles. The van der Waals surface area contributed by atoms with Crippen LogP contribution in [0.5, 0.6) is 0 Å². The molecule has 0 fully saturated rings. The van der Waals surface area contributed by atoms with Crippen LogP contribution in [0.4, 0.5) is 0 Å². The van der Waals surface area contributed by atoms with Crippen LogP contribution in [0, 0.1) is 17.8 Å². The van der Waals surface area contributed by atoms with E-state index in [4.69, 9.17) is 0 Å². The van der Waals surface area contributed by atoms with Crippen molar-refractivity contribution >= 4 is 0 Å². The highest BCUT2D eigenvalue weighted by Crippen LogP contribution is 1.94. The molecule has 0 unspecified atom stereocenters. The lowest BCUT2D eigenvalue weighted by atomic mass is 10.2. The van der Waals surface area contributed by atoms with Crippen LogP contribution in [-0.4, -0.2) is 0 Å². The van der Waals surface area contributed by atoms with E-state index in [-0.39, 0.29) is 0 Å². The summed E-state index contributed by atoms with van der Waals surface area (Å²) in [6.07, 6.45) is 3.54. The molecule has 9 heavy (non-hydrogen) atoms. The van der Waals surface area contributed by atoms with Crippen molar-refractivity contribution in [2.24, 2.45) is 0 Å². The van der Waals surface area contributed by atoms with Gasteiger partial charge in [0.2, 0.25) is 0 Å². The van der Waals surface area contributed by atoms with Gasteiger partial charge in [0.05, 0.1) is 0 Å². The molecule has 0 aromatic rings. The second kappa shape index (κ2) is 5.69. The van der Waals surface area contributed by atoms with Gasteiger partial charge in [-0.25, -0.2) is 0 Å². The fourth-order valence-corrected chi connectivity index (χ4v) is 0.504. The smallest absolute Gasteiger partial charge is 0.0418 e. The normalized spacial score (nSPS) is 8.89. The molecule has 51 valence electrons. The lowest BCUT2D eigenvalue weighted by Gasteiger charge is -1.86. The van der Waals surface area contributed by atoms with Crippen molar-refractivity contribution in [3.05, 3.63) is 5.92 Å². The monoisotopic (exact) mass is 123 g/mol. The van der Waals surface area contributed by atoms with E-state index in [1.54, 1.807) is 0 Å². The molecular weight excluding hydrogens is 108 g/mol. The Kier molecular flexibility index (Phi) is 5.41. The van der Waals surface area contributed by atoms with Crippen LogP contribution in [0.1, 0.15) is 40.0 Å². The van der Waals surface area contributed by atoms with Crippen molar-refractivity contribution in [2.75, 3.05) is 0 Å². The van der Waals surface area contributed by atoms with Crippen LogP contribution in [0.3, 0.4) is 0 Å². The van der Waals surface area contributed by atoms with E-state index in [9.17, 15) is 0 Å². The number of hydrogen-bond acceptors (Lipinski definition) is 0. The minimum Gasteiger partial charge on any atom is -0.103 e. The molecule has 1 radical (unpaired) electrons. The highest BCUT2D eigenvalue weighted by Gasteiger charge is 1.81. The van der Waals surface area contributed by atoms with Crippen molar-refractivity contribution in [1.29, 1.82) is 0 Å². The molecule has 0 rings (SSSR count). The minimum atomic E-state index is 1.06. The Morgan fingerprint density at radius 3 is 2.44 bits per heavy atom. The van der Waals surface area contributed by atoms with Crippen LogP contribution in [0.2, 0.25) is 0 Å². The van der Waals surface area contributed by atoms with Gasteiger partial charge in [0.1, 0.15) is 0 Å². The molecule has 0 saturated carbocycles. The van der Waals surface area contributed by atoms with Gasteiger partial charge in [0.15, 0.2) is 0 Å². The first-order chi connectivity index (χ1) is 4.27. The average molecular weight is 123 g/mol. The van der Waals surface area contributed by atoms with Crippen molar-refractivity contribution in [2.45, 2.75) is 40.0 Å². The van der Waals surface area contributed by atoms with Gasteiger partial charge >= 0.3 is 0 Å². The zero-order valence-electron chi connectivity index (χ0n) is 6.62. The molecule has 0 aliphatic rings. The van der Waals surface area contributed by atoms with Gasteiger partial charge in [0, 0.05) is 12.3 Å². The van der Waals surface area contributed by atoms with Gasteiger partial charge in [-0.3, -0.25) is 0 Å². The molecule has 0 spiro atoms. The first-order valence-corrected chi connectivity index (χ1v) is 3.56. The Labute approximate surface area is 58.7 Å². The predicted molar refractivity (Wildman–Crippen MR) is 41.9 cm³/mol. The summed E-state index contributed by atoms with van der Waals surface area (Å²) in [6.45, 7) is 6.27. The lowest BCUT2D eigenvalue weighted by molar-refractivity contribution is 0.827. The van der Waals surface area contributed by atoms with Crippen LogP contribution in [0.25, 0.3) is 0 Å². The molecule has 0 aromatic carbocycles. The highest BCUT2D eigenvalue weighted by molar-refractivity contribution is 5.16. The molecule has 0 amide bonds. The second-order valence-corrected chi connectivity index (χ2v) is 2.41. The van der Waals surface area contributed by atoms with Gasteiger partial charge < -0.3 is 0 Å². The largest absolute Gasteiger partial charge is 0.103 e. The first-order valence-electron chi connectivity index (χ1n) is 3.56. The standard InChI is InChI=1S/C9H15/c1-4-5-6-7-8-9(2)3/h4-6H2,1-3H3. The minimum absolute atomic E-state index is 1.06. The summed E-state index contributed by atoms with van der Waals surface area (Å²) >= 11 is 0. The molecule has 0 aliphatic heterocycles. The Bertz CT molecular complexity index is 101. The van der Waals surface area contributed by atoms with E-state index in [0.29, 0.717) is 0 Å². The summed E-state index contributed by atoms with van der Waals surface area (Å²) in [4.78, 5) is 0. The third kappa shape index (κ3) is 7.56. The van der Waals surface area contributed by atoms with Gasteiger partial charge in [-0.15, -0.1) is 5.92 Å². The summed E-state index contributed by atoms with van der Waals surface area (Å²) in [7, 11) is 0. The fraction of sp³-hybridized carbons (Fsp3) is 0.667. The van der Waals surface area contributed by atoms with E-state index in [1.807, 2.05) is 13.8 Å². The Morgan fingerprint density at radius 2 is 2.00 bits per heavy atom. The topological polar surface area (TPSA) is 0 Å². The van der Waals surface area contributed by atoms with E-state index < -0.39 is 0 Å². The summed E-state index contributed by atoms with van der Waals surface area (Å²) in [5.74, 6) is 7.36. The lowest BCUT2D eigenvalue weighted by Crippen LogP contribution is -1.74. The van der Waals surface area contributed by atoms with Crippen LogP contribution in [-0.2, 0) is 0 Å². The summed E-state index contributed by atoms with van der Waals surface area (Å²) in [5.41, 5.74) is 0. The Hall–Kier alpha value is -0.440. The molecule has 0 aliphatic carbocycles. The predicted octanol–water partition coefficient (Wildman–Crippen LogP) is 2.79. The van der Waals surface area contributed by atoms with Crippen molar-refractivity contribution in [3.63, 3.8) is 0 Å². The van der Waals surface area contributed by atoms with Crippen molar-refractivity contribution in [1.82, 2.24) is 0 Å². The Morgan fingerprint density at radius 1 is 1.33 bits per heavy atom. The Balaban J connectivity index is 3.16. The van der Waals surface area contributed by atoms with Crippen molar-refractivity contribution in [3.8, 4) is 11.8 Å². The zero-order valence-corrected chi connectivity index (χ0v) is 6.62. The third-order valence-electron chi connectivity index (χ3n) is 0.994. The van der Waals surface area contributed by atoms with Gasteiger partial charge in [0.25, 0.3) is 0 Å². The van der Waals surface area contributed by atoms with Crippen LogP contribution >= 0.6 is 0 Å². The maximum absolute atomic E-state index is 3.10. The molecule has 0 atom stereocenters. The average Bonchev–Trinajstić information content (AvgIpc) is 1.80. The van der Waals surface area contributed by atoms with E-state index >= 15 is 0 Å². The van der Waals surface area contributed by atoms with Gasteiger partial charge in [-0.2, -0.15) is 0 Å². The molecule has 0 heteroatoms. The first kappa shape index (κ1) is 8.56. The van der Waals surface area contributed by atoms with E-state index in [0.717, 1.165) is 6.42 Å². The van der Waals surface area contributed by atoms with E-state index in [2.05, 4.69) is 18.8 Å².